The summed E-state index contributed by atoms with van der Waals surface area (Å²) in [6.07, 6.45) is 0.479. The summed E-state index contributed by atoms with van der Waals surface area (Å²) < 4.78 is 0. The van der Waals surface area contributed by atoms with Crippen molar-refractivity contribution in [2.24, 2.45) is 11.3 Å². The van der Waals surface area contributed by atoms with Crippen LogP contribution in [0.5, 0.6) is 17.2 Å². The van der Waals surface area contributed by atoms with Gasteiger partial charge in [0.1, 0.15) is 28.8 Å². The van der Waals surface area contributed by atoms with E-state index >= 15 is 0 Å². The number of phenolic OH excluding ortho intramolecular Hbond substituents is 2. The Bertz CT molecular complexity index is 856. The van der Waals surface area contributed by atoms with E-state index in [1.54, 1.807) is 0 Å². The van der Waals surface area contributed by atoms with E-state index in [4.69, 9.17) is 0 Å². The minimum absolute atomic E-state index is 0.393. The second kappa shape index (κ2) is 5.18. The lowest BCUT2D eigenvalue weighted by Crippen LogP contribution is -2.50. The lowest BCUT2D eigenvalue weighted by molar-refractivity contribution is -0.268. The zero-order chi connectivity index (χ0) is 18.7. The highest BCUT2D eigenvalue weighted by Crippen LogP contribution is 2.54. The van der Waals surface area contributed by atoms with Crippen LogP contribution in [0.3, 0.4) is 0 Å². The number of hydrogen-bond donors (Lipinski definition) is 6. The molecule has 1 aromatic rings. The van der Waals surface area contributed by atoms with Gasteiger partial charge in [-0.2, -0.15) is 0 Å². The number of benzene rings is 1. The van der Waals surface area contributed by atoms with Crippen LogP contribution in [0.2, 0.25) is 0 Å². The quantitative estimate of drug-likeness (QED) is 0.460. The number of rotatable bonds is 2. The zero-order valence-electron chi connectivity index (χ0n) is 13.0. The topological polar surface area (TPSA) is 162 Å². The lowest BCUT2D eigenvalue weighted by atomic mass is 9.59. The molecule has 3 atom stereocenters. The Morgan fingerprint density at radius 1 is 1.12 bits per heavy atom. The highest BCUT2D eigenvalue weighted by atomic mass is 16.3. The van der Waals surface area contributed by atoms with Gasteiger partial charge in [-0.15, -0.1) is 0 Å². The summed E-state index contributed by atoms with van der Waals surface area (Å²) in [6.45, 7) is 1.32. The number of ketones is 1. The van der Waals surface area contributed by atoms with E-state index < -0.39 is 68.9 Å². The molecule has 0 bridgehead atoms. The smallest absolute Gasteiger partial charge is 0.178 e. The van der Waals surface area contributed by atoms with Crippen molar-refractivity contribution in [1.29, 1.82) is 0 Å². The van der Waals surface area contributed by atoms with Crippen LogP contribution in [0.1, 0.15) is 12.5 Å². The Morgan fingerprint density at radius 3 is 2.28 bits per heavy atom. The van der Waals surface area contributed by atoms with Gasteiger partial charge in [0.2, 0.25) is 0 Å². The summed E-state index contributed by atoms with van der Waals surface area (Å²) in [5.41, 5.74) is -2.55. The molecule has 2 aliphatic carbocycles. The number of Topliss-reactive ketones (excluding diaryl/α,β-unsaturated/α-hetero) is 1. The SMILES string of the molecule is CC1(C2C(=O)C(c3c([O-])cc(O)cc3O)=C2O)C(O)=CC(O)=CC1O. The molecule has 0 aromatic heterocycles. The van der Waals surface area contributed by atoms with Crippen molar-refractivity contribution < 1.29 is 40.5 Å². The van der Waals surface area contributed by atoms with E-state index in [2.05, 4.69) is 0 Å². The molecule has 8 nitrogen and oxygen atoms in total. The average Bonchev–Trinajstić information content (AvgIpc) is 2.48. The van der Waals surface area contributed by atoms with Crippen LogP contribution in [0, 0.1) is 11.3 Å². The Hall–Kier alpha value is -3.13. The molecule has 1 aromatic carbocycles. The number of carbonyl (C=O) groups is 1. The molecule has 132 valence electrons. The van der Waals surface area contributed by atoms with Gasteiger partial charge in [-0.1, -0.05) is 5.75 Å². The molecule has 0 fully saturated rings. The maximum absolute atomic E-state index is 12.6. The summed E-state index contributed by atoms with van der Waals surface area (Å²) >= 11 is 0. The molecular weight excluding hydrogens is 332 g/mol. The molecule has 2 aliphatic rings. The van der Waals surface area contributed by atoms with Gasteiger partial charge in [-0.3, -0.25) is 4.79 Å². The third kappa shape index (κ3) is 2.14. The molecular formula is C17H15O8-. The Kier molecular flexibility index (Phi) is 3.47. The first kappa shape index (κ1) is 16.7. The summed E-state index contributed by atoms with van der Waals surface area (Å²) in [7, 11) is 0. The summed E-state index contributed by atoms with van der Waals surface area (Å²) in [5.74, 6) is -5.66. The first-order chi connectivity index (χ1) is 11.6. The van der Waals surface area contributed by atoms with Gasteiger partial charge in [0.25, 0.3) is 0 Å². The molecule has 0 heterocycles. The molecule has 0 spiro atoms. The van der Waals surface area contributed by atoms with Crippen LogP contribution >= 0.6 is 0 Å². The predicted octanol–water partition coefficient (Wildman–Crippen LogP) is 0.904. The number of phenols is 2. The average molecular weight is 347 g/mol. The minimum atomic E-state index is -1.65. The maximum atomic E-state index is 12.6. The Labute approximate surface area is 141 Å². The lowest BCUT2D eigenvalue weighted by Gasteiger charge is -2.45. The fourth-order valence-electron chi connectivity index (χ4n) is 3.26. The third-order valence-corrected chi connectivity index (χ3v) is 4.73. The van der Waals surface area contributed by atoms with E-state index in [0.29, 0.717) is 0 Å². The van der Waals surface area contributed by atoms with Gasteiger partial charge in [0.15, 0.2) is 5.78 Å². The highest BCUT2D eigenvalue weighted by Gasteiger charge is 2.57. The number of aliphatic hydroxyl groups excluding tert-OH is 4. The van der Waals surface area contributed by atoms with Gasteiger partial charge < -0.3 is 35.7 Å². The molecule has 0 radical (unpaired) electrons. The van der Waals surface area contributed by atoms with Crippen LogP contribution in [-0.4, -0.2) is 42.5 Å². The second-order valence-electron chi connectivity index (χ2n) is 6.24. The second-order valence-corrected chi connectivity index (χ2v) is 6.24. The van der Waals surface area contributed by atoms with Crippen molar-refractivity contribution in [1.82, 2.24) is 0 Å². The number of allylic oxidation sites excluding steroid dienone is 3. The fraction of sp³-hybridized carbons (Fsp3) is 0.235. The normalized spacial score (nSPS) is 29.1. The summed E-state index contributed by atoms with van der Waals surface area (Å²) in [6, 6.07) is 1.64. The Morgan fingerprint density at radius 2 is 1.76 bits per heavy atom. The molecule has 3 rings (SSSR count). The third-order valence-electron chi connectivity index (χ3n) is 4.73. The van der Waals surface area contributed by atoms with E-state index in [1.807, 2.05) is 0 Å². The molecule has 6 N–H and O–H groups in total. The van der Waals surface area contributed by atoms with Crippen LogP contribution in [0.25, 0.3) is 5.57 Å². The van der Waals surface area contributed by atoms with E-state index in [9.17, 15) is 40.5 Å². The minimum Gasteiger partial charge on any atom is -0.872 e. The highest BCUT2D eigenvalue weighted by molar-refractivity contribution is 6.31. The number of aliphatic hydroxyl groups is 4. The van der Waals surface area contributed by atoms with Crippen LogP contribution in [0.15, 0.2) is 41.6 Å². The predicted molar refractivity (Wildman–Crippen MR) is 82.8 cm³/mol. The van der Waals surface area contributed by atoms with Gasteiger partial charge in [0.05, 0.1) is 23.0 Å². The van der Waals surface area contributed by atoms with Gasteiger partial charge in [-0.05, 0) is 19.1 Å². The van der Waals surface area contributed by atoms with E-state index in [1.165, 1.54) is 6.92 Å². The molecule has 0 amide bonds. The molecule has 25 heavy (non-hydrogen) atoms. The Balaban J connectivity index is 2.11. The molecule has 0 saturated heterocycles. The van der Waals surface area contributed by atoms with Gasteiger partial charge in [-0.25, -0.2) is 0 Å². The summed E-state index contributed by atoms with van der Waals surface area (Å²) in [5, 5.41) is 71.1. The standard InChI is InChI=1S/C17H16O8/c1-17(10(22)4-7(19)5-11(17)23)14-15(24)13(16(14)25)12-8(20)2-6(18)3-9(12)21/h2-5,10,14,18-24H,1H3/p-1. The van der Waals surface area contributed by atoms with E-state index in [0.717, 1.165) is 24.3 Å². The van der Waals surface area contributed by atoms with Crippen molar-refractivity contribution in [2.45, 2.75) is 13.0 Å². The molecule has 8 heteroatoms. The van der Waals surface area contributed by atoms with Crippen molar-refractivity contribution >= 4 is 11.4 Å². The monoisotopic (exact) mass is 347 g/mol. The molecule has 0 aliphatic heterocycles. The fourth-order valence-corrected chi connectivity index (χ4v) is 3.26. The maximum Gasteiger partial charge on any atom is 0.178 e. The molecule has 0 saturated carbocycles. The number of hydrogen-bond acceptors (Lipinski definition) is 8. The van der Waals surface area contributed by atoms with Crippen molar-refractivity contribution in [2.75, 3.05) is 0 Å². The van der Waals surface area contributed by atoms with E-state index in [-0.39, 0.29) is 0 Å². The van der Waals surface area contributed by atoms with Crippen LogP contribution in [0.4, 0.5) is 0 Å². The van der Waals surface area contributed by atoms with Crippen molar-refractivity contribution in [3.05, 3.63) is 47.1 Å². The first-order valence-electron chi connectivity index (χ1n) is 7.29. The number of aromatic hydroxyl groups is 2. The van der Waals surface area contributed by atoms with Gasteiger partial charge in [0, 0.05) is 17.7 Å². The van der Waals surface area contributed by atoms with Gasteiger partial charge >= 0.3 is 0 Å². The van der Waals surface area contributed by atoms with Crippen molar-refractivity contribution in [3.8, 4) is 17.2 Å². The zero-order valence-corrected chi connectivity index (χ0v) is 13.0. The van der Waals surface area contributed by atoms with Crippen molar-refractivity contribution in [3.63, 3.8) is 0 Å². The summed E-state index contributed by atoms with van der Waals surface area (Å²) in [4.78, 5) is 12.6. The van der Waals surface area contributed by atoms with Crippen LogP contribution < -0.4 is 5.11 Å². The van der Waals surface area contributed by atoms with Crippen LogP contribution in [-0.2, 0) is 4.79 Å². The number of carbonyl (C=O) groups excluding carboxylic acids is 1. The molecule has 3 unspecified atom stereocenters. The largest absolute Gasteiger partial charge is 0.872 e. The first-order valence-corrected chi connectivity index (χ1v) is 7.29.